The number of aliphatic carboxylic acids is 1. The second-order valence-corrected chi connectivity index (χ2v) is 3.80. The molecule has 2 unspecified atom stereocenters. The van der Waals surface area contributed by atoms with E-state index in [-0.39, 0.29) is 5.92 Å². The molecule has 0 aliphatic heterocycles. The molecule has 0 amide bonds. The first kappa shape index (κ1) is 7.84. The zero-order chi connectivity index (χ0) is 8.55. The van der Waals surface area contributed by atoms with Gasteiger partial charge in [0.25, 0.3) is 0 Å². The highest BCUT2D eigenvalue weighted by Gasteiger charge is 2.35. The summed E-state index contributed by atoms with van der Waals surface area (Å²) in [5.41, 5.74) is 1.23. The molecule has 2 aliphatic carbocycles. The summed E-state index contributed by atoms with van der Waals surface area (Å²) in [6.45, 7) is 0. The van der Waals surface area contributed by atoms with Gasteiger partial charge in [-0.2, -0.15) is 0 Å². The molecule has 0 aromatic rings. The molecule has 2 heteroatoms. The average Bonchev–Trinajstić information content (AvgIpc) is 2.47. The molecule has 0 bridgehead atoms. The molecule has 2 nitrogen and oxygen atoms in total. The molecule has 0 saturated heterocycles. The van der Waals surface area contributed by atoms with Gasteiger partial charge in [-0.15, -0.1) is 0 Å². The number of hydrogen-bond donors (Lipinski definition) is 1. The number of rotatable bonds is 1. The zero-order valence-corrected chi connectivity index (χ0v) is 7.12. The summed E-state index contributed by atoms with van der Waals surface area (Å²) in [6, 6.07) is 0. The quantitative estimate of drug-likeness (QED) is 0.606. The summed E-state index contributed by atoms with van der Waals surface area (Å²) in [5, 5.41) is 8.91. The Hall–Kier alpha value is -0.790. The smallest absolute Gasteiger partial charge is 0.310 e. The van der Waals surface area contributed by atoms with E-state index in [2.05, 4.69) is 6.08 Å². The predicted octanol–water partition coefficient (Wildman–Crippen LogP) is 2.21. The molecule has 2 aliphatic rings. The molecule has 0 radical (unpaired) electrons. The summed E-state index contributed by atoms with van der Waals surface area (Å²) < 4.78 is 0. The molecule has 0 aromatic carbocycles. The normalized spacial score (nSPS) is 34.2. The summed E-state index contributed by atoms with van der Waals surface area (Å²) in [5.74, 6) is -0.152. The predicted molar refractivity (Wildman–Crippen MR) is 45.8 cm³/mol. The van der Waals surface area contributed by atoms with Crippen LogP contribution in [0.3, 0.4) is 0 Å². The van der Waals surface area contributed by atoms with Gasteiger partial charge in [-0.05, 0) is 38.0 Å². The Kier molecular flexibility index (Phi) is 1.91. The van der Waals surface area contributed by atoms with Crippen LogP contribution >= 0.6 is 0 Å². The van der Waals surface area contributed by atoms with Gasteiger partial charge >= 0.3 is 5.97 Å². The first-order valence-corrected chi connectivity index (χ1v) is 4.72. The lowest BCUT2D eigenvalue weighted by Gasteiger charge is -2.18. The highest BCUT2D eigenvalue weighted by Crippen LogP contribution is 2.42. The van der Waals surface area contributed by atoms with Crippen LogP contribution in [-0.2, 0) is 4.79 Å². The van der Waals surface area contributed by atoms with Crippen molar-refractivity contribution >= 4 is 5.97 Å². The fraction of sp³-hybridized carbons (Fsp3) is 0.700. The molecule has 0 heterocycles. The Labute approximate surface area is 72.3 Å². The number of carboxylic acids is 1. The first-order valence-electron chi connectivity index (χ1n) is 4.72. The lowest BCUT2D eigenvalue weighted by molar-refractivity contribution is -0.140. The molecular weight excluding hydrogens is 152 g/mol. The van der Waals surface area contributed by atoms with E-state index in [4.69, 9.17) is 5.11 Å². The van der Waals surface area contributed by atoms with Crippen LogP contribution in [0.25, 0.3) is 0 Å². The third kappa shape index (κ3) is 1.15. The van der Waals surface area contributed by atoms with Crippen LogP contribution in [0.1, 0.15) is 32.1 Å². The van der Waals surface area contributed by atoms with Crippen molar-refractivity contribution in [2.75, 3.05) is 0 Å². The molecule has 2 rings (SSSR count). The van der Waals surface area contributed by atoms with Gasteiger partial charge in [0.2, 0.25) is 0 Å². The van der Waals surface area contributed by atoms with E-state index in [1.54, 1.807) is 0 Å². The Morgan fingerprint density at radius 2 is 2.25 bits per heavy atom. The maximum absolute atomic E-state index is 10.8. The topological polar surface area (TPSA) is 37.3 Å². The Balaban J connectivity index is 2.20. The molecule has 1 fully saturated rings. The standard InChI is InChI=1S/C10H14O2/c11-10(12)9-6-5-7-3-1-2-4-8(7)9/h4,7,9H,1-3,5-6H2,(H,11,12). The fourth-order valence-corrected chi connectivity index (χ4v) is 2.50. The highest BCUT2D eigenvalue weighted by molar-refractivity contribution is 5.74. The van der Waals surface area contributed by atoms with Crippen molar-refractivity contribution in [2.45, 2.75) is 32.1 Å². The van der Waals surface area contributed by atoms with Crippen molar-refractivity contribution in [2.24, 2.45) is 11.8 Å². The zero-order valence-electron chi connectivity index (χ0n) is 7.12. The number of hydrogen-bond acceptors (Lipinski definition) is 1. The molecule has 12 heavy (non-hydrogen) atoms. The van der Waals surface area contributed by atoms with Gasteiger partial charge in [0, 0.05) is 0 Å². The summed E-state index contributed by atoms with van der Waals surface area (Å²) in [4.78, 5) is 10.8. The third-order valence-corrected chi connectivity index (χ3v) is 3.11. The van der Waals surface area contributed by atoms with Crippen molar-refractivity contribution in [3.63, 3.8) is 0 Å². The SMILES string of the molecule is O=C(O)C1CCC2CCCC=C21. The van der Waals surface area contributed by atoms with Gasteiger partial charge in [0.15, 0.2) is 0 Å². The molecular formula is C10H14O2. The van der Waals surface area contributed by atoms with E-state index in [1.807, 2.05) is 0 Å². The van der Waals surface area contributed by atoms with Crippen LogP contribution in [0.15, 0.2) is 11.6 Å². The Bertz CT molecular complexity index is 230. The summed E-state index contributed by atoms with van der Waals surface area (Å²) >= 11 is 0. The number of carboxylic acid groups (broad SMARTS) is 1. The Morgan fingerprint density at radius 3 is 3.00 bits per heavy atom. The van der Waals surface area contributed by atoms with Crippen LogP contribution in [-0.4, -0.2) is 11.1 Å². The van der Waals surface area contributed by atoms with E-state index in [0.717, 1.165) is 19.3 Å². The van der Waals surface area contributed by atoms with Gasteiger partial charge in [-0.1, -0.05) is 11.6 Å². The fourth-order valence-electron chi connectivity index (χ4n) is 2.50. The van der Waals surface area contributed by atoms with Crippen molar-refractivity contribution in [3.8, 4) is 0 Å². The second-order valence-electron chi connectivity index (χ2n) is 3.80. The minimum Gasteiger partial charge on any atom is -0.481 e. The van der Waals surface area contributed by atoms with Gasteiger partial charge in [0.05, 0.1) is 5.92 Å². The molecule has 0 aromatic heterocycles. The van der Waals surface area contributed by atoms with Crippen LogP contribution in [0.2, 0.25) is 0 Å². The van der Waals surface area contributed by atoms with Gasteiger partial charge in [-0.25, -0.2) is 0 Å². The summed E-state index contributed by atoms with van der Waals surface area (Å²) in [7, 11) is 0. The van der Waals surface area contributed by atoms with Crippen LogP contribution < -0.4 is 0 Å². The Morgan fingerprint density at radius 1 is 1.42 bits per heavy atom. The first-order chi connectivity index (χ1) is 5.79. The van der Waals surface area contributed by atoms with E-state index < -0.39 is 5.97 Å². The van der Waals surface area contributed by atoms with Gasteiger partial charge < -0.3 is 5.11 Å². The molecule has 0 spiro atoms. The maximum atomic E-state index is 10.8. The molecule has 1 N–H and O–H groups in total. The summed E-state index contributed by atoms with van der Waals surface area (Å²) in [6.07, 6.45) is 7.69. The lowest BCUT2D eigenvalue weighted by atomic mass is 9.87. The van der Waals surface area contributed by atoms with E-state index in [1.165, 1.54) is 18.4 Å². The van der Waals surface area contributed by atoms with Crippen molar-refractivity contribution in [1.82, 2.24) is 0 Å². The number of allylic oxidation sites excluding steroid dienone is 1. The largest absolute Gasteiger partial charge is 0.481 e. The van der Waals surface area contributed by atoms with Gasteiger partial charge in [0.1, 0.15) is 0 Å². The molecule has 66 valence electrons. The van der Waals surface area contributed by atoms with Gasteiger partial charge in [-0.3, -0.25) is 4.79 Å². The number of fused-ring (bicyclic) bond motifs is 1. The average molecular weight is 166 g/mol. The van der Waals surface area contributed by atoms with Crippen molar-refractivity contribution in [1.29, 1.82) is 0 Å². The minimum atomic E-state index is -0.620. The second kappa shape index (κ2) is 2.92. The van der Waals surface area contributed by atoms with Crippen molar-refractivity contribution < 1.29 is 9.90 Å². The molecule has 1 saturated carbocycles. The van der Waals surface area contributed by atoms with E-state index in [0.29, 0.717) is 5.92 Å². The number of carbonyl (C=O) groups is 1. The van der Waals surface area contributed by atoms with E-state index >= 15 is 0 Å². The van der Waals surface area contributed by atoms with Crippen LogP contribution in [0, 0.1) is 11.8 Å². The van der Waals surface area contributed by atoms with Crippen LogP contribution in [0.4, 0.5) is 0 Å². The third-order valence-electron chi connectivity index (χ3n) is 3.11. The van der Waals surface area contributed by atoms with E-state index in [9.17, 15) is 4.79 Å². The highest BCUT2D eigenvalue weighted by atomic mass is 16.4. The van der Waals surface area contributed by atoms with Crippen molar-refractivity contribution in [3.05, 3.63) is 11.6 Å². The monoisotopic (exact) mass is 166 g/mol. The molecule has 2 atom stereocenters. The van der Waals surface area contributed by atoms with Crippen LogP contribution in [0.5, 0.6) is 0 Å². The lowest BCUT2D eigenvalue weighted by Crippen LogP contribution is -2.14. The maximum Gasteiger partial charge on any atom is 0.310 e. The minimum absolute atomic E-state index is 0.143.